The molecule has 1 atom stereocenters. The van der Waals surface area contributed by atoms with Gasteiger partial charge in [0.05, 0.1) is 26.6 Å². The van der Waals surface area contributed by atoms with Crippen LogP contribution in [0.4, 0.5) is 0 Å². The predicted octanol–water partition coefficient (Wildman–Crippen LogP) is -1.64. The maximum atomic E-state index is 11.4. The van der Waals surface area contributed by atoms with Gasteiger partial charge in [-0.1, -0.05) is 30.2 Å². The minimum atomic E-state index is 0. The zero-order valence-electron chi connectivity index (χ0n) is 12.8. The number of carbonyl (C=O) groups excluding carboxylic acids is 1. The van der Waals surface area contributed by atoms with Crippen molar-refractivity contribution >= 4 is 5.91 Å². The van der Waals surface area contributed by atoms with E-state index in [-0.39, 0.29) is 29.9 Å². The monoisotopic (exact) mass is 412 g/mol. The first-order valence-corrected chi connectivity index (χ1v) is 7.46. The lowest BCUT2D eigenvalue weighted by Crippen LogP contribution is -3.00. The first-order valence-electron chi connectivity index (χ1n) is 7.46. The Morgan fingerprint density at radius 3 is 2.73 bits per heavy atom. The third kappa shape index (κ3) is 4.00. The van der Waals surface area contributed by atoms with Crippen LogP contribution in [-0.4, -0.2) is 48.7 Å². The number of halogens is 1. The van der Waals surface area contributed by atoms with Gasteiger partial charge in [-0.3, -0.25) is 9.63 Å². The lowest BCUT2D eigenvalue weighted by molar-refractivity contribution is -0.917. The van der Waals surface area contributed by atoms with Crippen molar-refractivity contribution in [3.05, 3.63) is 35.4 Å². The summed E-state index contributed by atoms with van der Waals surface area (Å²) in [6, 6.07) is 8.66. The fourth-order valence-electron chi connectivity index (χ4n) is 2.92. The normalized spacial score (nSPS) is 23.3. The molecule has 1 amide bonds. The fraction of sp³-hybridized carbons (Fsp3) is 0.471. The van der Waals surface area contributed by atoms with Crippen LogP contribution in [0.5, 0.6) is 0 Å². The van der Waals surface area contributed by atoms with Crippen LogP contribution in [0.1, 0.15) is 17.5 Å². The number of hydroxylamine groups is 2. The molecule has 3 rings (SSSR count). The number of nitrogens with zero attached hydrogens (tertiary/aromatic N) is 2. The zero-order chi connectivity index (χ0) is 14.7. The molecule has 118 valence electrons. The van der Waals surface area contributed by atoms with Crippen LogP contribution in [0.3, 0.4) is 0 Å². The molecule has 22 heavy (non-hydrogen) atoms. The van der Waals surface area contributed by atoms with E-state index in [9.17, 15) is 4.79 Å². The molecule has 1 saturated heterocycles. The molecule has 2 aliphatic heterocycles. The second-order valence-electron chi connectivity index (χ2n) is 6.05. The van der Waals surface area contributed by atoms with E-state index in [1.54, 1.807) is 0 Å². The largest absolute Gasteiger partial charge is 1.00 e. The molecule has 0 saturated carbocycles. The Morgan fingerprint density at radius 1 is 1.23 bits per heavy atom. The summed E-state index contributed by atoms with van der Waals surface area (Å²) < 4.78 is 0.943. The lowest BCUT2D eigenvalue weighted by atomic mass is 9.98. The molecule has 1 aromatic rings. The van der Waals surface area contributed by atoms with Crippen LogP contribution in [0.2, 0.25) is 0 Å². The van der Waals surface area contributed by atoms with Crippen molar-refractivity contribution < 1.29 is 38.1 Å². The summed E-state index contributed by atoms with van der Waals surface area (Å²) in [4.78, 5) is 16.6. The third-order valence-corrected chi connectivity index (χ3v) is 4.24. The highest BCUT2D eigenvalue weighted by atomic mass is 127. The minimum Gasteiger partial charge on any atom is -1.00 e. The smallest absolute Gasteiger partial charge is 0.249 e. The Balaban J connectivity index is 0.00000176. The molecule has 5 heteroatoms. The standard InChI is InChI=1S/C17H21N2O2.HI/c1-19(11-5-4-10-18-17(20)9-13-21-18)12-8-15-6-2-3-7-16(15)14-19;/h2-3,6-7H,8-14H2,1H3;1H/q+1;/p-1. The number of amides is 1. The lowest BCUT2D eigenvalue weighted by Gasteiger charge is -2.37. The molecule has 1 aromatic carbocycles. The Kier molecular flexibility index (Phi) is 5.84. The molecule has 2 aliphatic rings. The molecule has 0 bridgehead atoms. The van der Waals surface area contributed by atoms with E-state index in [4.69, 9.17) is 4.84 Å². The molecule has 1 fully saturated rings. The van der Waals surface area contributed by atoms with Crippen LogP contribution >= 0.6 is 0 Å². The summed E-state index contributed by atoms with van der Waals surface area (Å²) in [5, 5.41) is 1.37. The molecule has 0 aromatic heterocycles. The van der Waals surface area contributed by atoms with Crippen LogP contribution < -0.4 is 24.0 Å². The molecule has 0 radical (unpaired) electrons. The summed E-state index contributed by atoms with van der Waals surface area (Å²) in [6.45, 7) is 3.84. The first-order chi connectivity index (χ1) is 10.2. The van der Waals surface area contributed by atoms with E-state index in [0.29, 0.717) is 19.6 Å². The molecule has 0 spiro atoms. The van der Waals surface area contributed by atoms with Gasteiger partial charge in [0.2, 0.25) is 5.91 Å². The van der Waals surface area contributed by atoms with Crippen molar-refractivity contribution in [2.45, 2.75) is 19.4 Å². The van der Waals surface area contributed by atoms with Gasteiger partial charge in [-0.15, -0.1) is 0 Å². The topological polar surface area (TPSA) is 29.5 Å². The van der Waals surface area contributed by atoms with E-state index in [1.807, 2.05) is 0 Å². The number of benzene rings is 1. The van der Waals surface area contributed by atoms with Crippen LogP contribution in [0, 0.1) is 11.8 Å². The van der Waals surface area contributed by atoms with Gasteiger partial charge in [0.25, 0.3) is 0 Å². The second kappa shape index (κ2) is 7.44. The number of likely N-dealkylation sites (N-methyl/N-ethyl adjacent to an activating group) is 1. The van der Waals surface area contributed by atoms with Crippen molar-refractivity contribution in [2.24, 2.45) is 0 Å². The van der Waals surface area contributed by atoms with Crippen LogP contribution in [-0.2, 0) is 22.6 Å². The number of hydrogen-bond acceptors (Lipinski definition) is 2. The predicted molar refractivity (Wildman–Crippen MR) is 79.8 cm³/mol. The quantitative estimate of drug-likeness (QED) is 0.332. The average Bonchev–Trinajstić information content (AvgIpc) is 2.89. The minimum absolute atomic E-state index is 0. The highest BCUT2D eigenvalue weighted by Crippen LogP contribution is 2.22. The van der Waals surface area contributed by atoms with Crippen molar-refractivity contribution in [3.8, 4) is 11.8 Å². The van der Waals surface area contributed by atoms with Crippen molar-refractivity contribution in [1.82, 2.24) is 5.06 Å². The van der Waals surface area contributed by atoms with E-state index in [1.165, 1.54) is 16.2 Å². The fourth-order valence-corrected chi connectivity index (χ4v) is 2.92. The van der Waals surface area contributed by atoms with E-state index in [0.717, 1.165) is 30.5 Å². The highest BCUT2D eigenvalue weighted by molar-refractivity contribution is 5.76. The molecule has 0 N–H and O–H groups in total. The molecule has 4 nitrogen and oxygen atoms in total. The third-order valence-electron chi connectivity index (χ3n) is 4.24. The molecular formula is C17H21IN2O2. The number of carbonyl (C=O) groups is 1. The van der Waals surface area contributed by atoms with Gasteiger partial charge >= 0.3 is 0 Å². The number of hydrogen-bond donors (Lipinski definition) is 0. The summed E-state index contributed by atoms with van der Waals surface area (Å²) in [5.74, 6) is 6.33. The van der Waals surface area contributed by atoms with Crippen molar-refractivity contribution in [3.63, 3.8) is 0 Å². The van der Waals surface area contributed by atoms with Gasteiger partial charge in [-0.2, -0.15) is 0 Å². The SMILES string of the molecule is C[N+]1(CC#CCN2OCCC2=O)CCc2ccccc2C1.[I-]. The van der Waals surface area contributed by atoms with Gasteiger partial charge in [0.15, 0.2) is 0 Å². The van der Waals surface area contributed by atoms with Crippen molar-refractivity contribution in [1.29, 1.82) is 0 Å². The number of rotatable bonds is 2. The maximum absolute atomic E-state index is 11.4. The molecule has 2 heterocycles. The van der Waals surface area contributed by atoms with E-state index >= 15 is 0 Å². The summed E-state index contributed by atoms with van der Waals surface area (Å²) in [7, 11) is 2.25. The van der Waals surface area contributed by atoms with Gasteiger partial charge in [0, 0.05) is 12.0 Å². The summed E-state index contributed by atoms with van der Waals surface area (Å²) in [5.41, 5.74) is 2.91. The summed E-state index contributed by atoms with van der Waals surface area (Å²) in [6.07, 6.45) is 1.59. The Hall–Kier alpha value is -1.10. The number of quaternary nitrogens is 1. The number of fused-ring (bicyclic) bond motifs is 1. The van der Waals surface area contributed by atoms with Gasteiger partial charge in [-0.05, 0) is 11.5 Å². The Labute approximate surface area is 149 Å². The molecular weight excluding hydrogens is 391 g/mol. The van der Waals surface area contributed by atoms with Crippen molar-refractivity contribution in [2.75, 3.05) is 33.3 Å². The van der Waals surface area contributed by atoms with Gasteiger partial charge in [-0.25, -0.2) is 5.06 Å². The van der Waals surface area contributed by atoms with Gasteiger partial charge < -0.3 is 28.5 Å². The van der Waals surface area contributed by atoms with Crippen LogP contribution in [0.15, 0.2) is 24.3 Å². The second-order valence-corrected chi connectivity index (χ2v) is 6.05. The molecule has 0 aliphatic carbocycles. The summed E-state index contributed by atoms with van der Waals surface area (Å²) >= 11 is 0. The Bertz CT molecular complexity index is 608. The van der Waals surface area contributed by atoms with E-state index < -0.39 is 0 Å². The van der Waals surface area contributed by atoms with Crippen LogP contribution in [0.25, 0.3) is 0 Å². The van der Waals surface area contributed by atoms with Gasteiger partial charge in [0.1, 0.15) is 19.6 Å². The molecule has 1 unspecified atom stereocenters. The highest BCUT2D eigenvalue weighted by Gasteiger charge is 2.27. The maximum Gasteiger partial charge on any atom is 0.249 e. The van der Waals surface area contributed by atoms with E-state index in [2.05, 4.69) is 43.2 Å². The zero-order valence-corrected chi connectivity index (χ0v) is 15.0. The Morgan fingerprint density at radius 2 is 2.00 bits per heavy atom. The first kappa shape index (κ1) is 17.3. The average molecular weight is 412 g/mol.